The second kappa shape index (κ2) is 9.16. The smallest absolute Gasteiger partial charge is 0.399 e. The normalized spacial score (nSPS) is 24.6. The second-order valence-corrected chi connectivity index (χ2v) is 11.6. The van der Waals surface area contributed by atoms with Gasteiger partial charge in [-0.3, -0.25) is 0 Å². The summed E-state index contributed by atoms with van der Waals surface area (Å²) in [6.07, 6.45) is 8.99. The van der Waals surface area contributed by atoms with E-state index in [0.717, 1.165) is 41.4 Å². The van der Waals surface area contributed by atoms with Crippen LogP contribution in [-0.4, -0.2) is 34.7 Å². The molecule has 0 radical (unpaired) electrons. The molecular weight excluding hydrogens is 447 g/mol. The summed E-state index contributed by atoms with van der Waals surface area (Å²) in [5.41, 5.74) is 5.24. The van der Waals surface area contributed by atoms with Crippen molar-refractivity contribution in [2.75, 3.05) is 6.61 Å². The Morgan fingerprint density at radius 3 is 2.28 bits per heavy atom. The predicted molar refractivity (Wildman–Crippen MR) is 145 cm³/mol. The largest absolute Gasteiger partial charge is 0.495 e. The molecule has 6 heteroatoms. The molecule has 0 N–H and O–H groups in total. The number of hydrogen-bond donors (Lipinski definition) is 0. The van der Waals surface area contributed by atoms with E-state index in [1.807, 2.05) is 6.20 Å². The predicted octanol–water partition coefficient (Wildman–Crippen LogP) is 7.08. The number of hydrogen-bond acceptors (Lipinski definition) is 4. The van der Waals surface area contributed by atoms with Crippen LogP contribution in [0.1, 0.15) is 83.6 Å². The first-order valence-electron chi connectivity index (χ1n) is 13.6. The van der Waals surface area contributed by atoms with Gasteiger partial charge in [-0.25, -0.2) is 4.68 Å². The molecule has 5 nitrogen and oxygen atoms in total. The third-order valence-electron chi connectivity index (χ3n) is 8.71. The topological polar surface area (TPSA) is 45.5 Å². The van der Waals surface area contributed by atoms with Crippen molar-refractivity contribution < 1.29 is 14.0 Å². The molecule has 1 unspecified atom stereocenters. The minimum absolute atomic E-state index is 0.0232. The molecule has 1 saturated carbocycles. The highest BCUT2D eigenvalue weighted by molar-refractivity contribution is 6.71. The van der Waals surface area contributed by atoms with E-state index in [4.69, 9.17) is 19.1 Å². The number of fused-ring (bicyclic) bond motifs is 1. The zero-order chi connectivity index (χ0) is 24.9. The number of ether oxygens (including phenoxy) is 1. The molecule has 1 aromatic heterocycles. The highest BCUT2D eigenvalue weighted by Crippen LogP contribution is 2.48. The lowest BCUT2D eigenvalue weighted by atomic mass is 9.64. The fraction of sp³-hybridized carbons (Fsp3) is 0.500. The summed E-state index contributed by atoms with van der Waals surface area (Å²) >= 11 is 0. The van der Waals surface area contributed by atoms with Crippen LogP contribution in [0.5, 0.6) is 0 Å². The Hall–Kier alpha value is -2.41. The first-order chi connectivity index (χ1) is 17.3. The molecule has 0 bridgehead atoms. The summed E-state index contributed by atoms with van der Waals surface area (Å²) in [7, 11) is -0.431. The first kappa shape index (κ1) is 24.0. The van der Waals surface area contributed by atoms with E-state index in [1.165, 1.54) is 36.8 Å². The molecule has 3 heterocycles. The summed E-state index contributed by atoms with van der Waals surface area (Å²) < 4.78 is 21.5. The summed E-state index contributed by atoms with van der Waals surface area (Å²) in [6.45, 7) is 9.34. The maximum atomic E-state index is 6.69. The van der Waals surface area contributed by atoms with Gasteiger partial charge in [-0.2, -0.15) is 5.10 Å². The molecule has 3 fully saturated rings. The molecule has 1 aliphatic carbocycles. The van der Waals surface area contributed by atoms with E-state index in [-0.39, 0.29) is 6.23 Å². The molecular formula is C30H37BN2O3. The minimum Gasteiger partial charge on any atom is -0.399 e. The Bertz CT molecular complexity index is 1250. The molecule has 36 heavy (non-hydrogen) atoms. The summed E-state index contributed by atoms with van der Waals surface area (Å²) in [4.78, 5) is 0. The number of nitrogens with zero attached hydrogens (tertiary/aromatic N) is 2. The quantitative estimate of drug-likeness (QED) is 0.287. The Morgan fingerprint density at radius 2 is 1.64 bits per heavy atom. The van der Waals surface area contributed by atoms with Crippen LogP contribution in [0.3, 0.4) is 0 Å². The summed E-state index contributed by atoms with van der Waals surface area (Å²) in [6, 6.07) is 17.5. The zero-order valence-corrected chi connectivity index (χ0v) is 22.0. The highest BCUT2D eigenvalue weighted by Gasteiger charge is 2.53. The number of benzene rings is 2. The van der Waals surface area contributed by atoms with E-state index in [9.17, 15) is 0 Å². The van der Waals surface area contributed by atoms with Gasteiger partial charge in [-0.05, 0) is 100 Å². The van der Waals surface area contributed by atoms with Crippen molar-refractivity contribution in [3.05, 3.63) is 65.9 Å². The van der Waals surface area contributed by atoms with Crippen LogP contribution in [0.15, 0.2) is 54.7 Å². The number of aromatic nitrogens is 2. The molecule has 0 spiro atoms. The van der Waals surface area contributed by atoms with Gasteiger partial charge in [0.2, 0.25) is 0 Å². The van der Waals surface area contributed by atoms with Crippen LogP contribution in [0.25, 0.3) is 21.9 Å². The maximum absolute atomic E-state index is 6.69. The Kier molecular flexibility index (Phi) is 6.10. The first-order valence-corrected chi connectivity index (χ1v) is 13.6. The standard InChI is InChI=1S/C30H37BN2O3/c1-29(2)30(3,4)36-31(35-29)28(27(22-13-10-14-22)21-11-6-5-7-12-21)23-16-17-25-24(19-23)20-32-33(25)26-15-8-9-18-34-26/h5-7,11-12,16-17,19-20,22,26H,8-10,13-15,18H2,1-4H3. The molecule has 1 atom stereocenters. The van der Waals surface area contributed by atoms with Gasteiger partial charge in [0.1, 0.15) is 0 Å². The van der Waals surface area contributed by atoms with Gasteiger partial charge in [-0.1, -0.05) is 42.8 Å². The van der Waals surface area contributed by atoms with Crippen LogP contribution in [0.4, 0.5) is 0 Å². The second-order valence-electron chi connectivity index (χ2n) is 11.6. The Morgan fingerprint density at radius 1 is 0.889 bits per heavy atom. The van der Waals surface area contributed by atoms with Crippen molar-refractivity contribution in [1.29, 1.82) is 0 Å². The maximum Gasteiger partial charge on any atom is 0.495 e. The third kappa shape index (κ3) is 4.13. The van der Waals surface area contributed by atoms with Crippen LogP contribution < -0.4 is 0 Å². The van der Waals surface area contributed by atoms with Gasteiger partial charge in [-0.15, -0.1) is 0 Å². The zero-order valence-electron chi connectivity index (χ0n) is 22.0. The van der Waals surface area contributed by atoms with Gasteiger partial charge >= 0.3 is 7.12 Å². The van der Waals surface area contributed by atoms with Gasteiger partial charge in [0.15, 0.2) is 6.23 Å². The number of rotatable bonds is 5. The minimum atomic E-state index is -0.431. The summed E-state index contributed by atoms with van der Waals surface area (Å²) in [5, 5.41) is 5.86. The van der Waals surface area contributed by atoms with Gasteiger partial charge in [0.05, 0.1) is 22.9 Å². The molecule has 3 aromatic rings. The van der Waals surface area contributed by atoms with Crippen LogP contribution in [0.2, 0.25) is 0 Å². The Labute approximate surface area is 215 Å². The molecule has 188 valence electrons. The van der Waals surface area contributed by atoms with Crippen molar-refractivity contribution in [2.24, 2.45) is 5.92 Å². The number of allylic oxidation sites excluding steroid dienone is 1. The highest BCUT2D eigenvalue weighted by atomic mass is 16.7. The van der Waals surface area contributed by atoms with E-state index in [2.05, 4.69) is 80.9 Å². The van der Waals surface area contributed by atoms with E-state index < -0.39 is 18.3 Å². The van der Waals surface area contributed by atoms with Crippen LogP contribution in [0, 0.1) is 5.92 Å². The fourth-order valence-corrected chi connectivity index (χ4v) is 5.67. The monoisotopic (exact) mass is 484 g/mol. The fourth-order valence-electron chi connectivity index (χ4n) is 5.67. The molecule has 2 aliphatic heterocycles. The van der Waals surface area contributed by atoms with E-state index >= 15 is 0 Å². The SMILES string of the molecule is CC1(C)OB(C(=C(c2ccccc2)C2CCC2)c2ccc3c(cnn3C3CCCCO3)c2)OC1(C)C. The van der Waals surface area contributed by atoms with Gasteiger partial charge < -0.3 is 14.0 Å². The molecule has 6 rings (SSSR count). The average Bonchev–Trinajstić information content (AvgIpc) is 3.35. The lowest BCUT2D eigenvalue weighted by molar-refractivity contribution is -0.0366. The van der Waals surface area contributed by atoms with Crippen molar-refractivity contribution in [1.82, 2.24) is 9.78 Å². The van der Waals surface area contributed by atoms with Gasteiger partial charge in [0.25, 0.3) is 0 Å². The van der Waals surface area contributed by atoms with Crippen LogP contribution >= 0.6 is 0 Å². The molecule has 3 aliphatic rings. The lowest BCUT2D eigenvalue weighted by Crippen LogP contribution is -2.41. The van der Waals surface area contributed by atoms with Crippen molar-refractivity contribution >= 4 is 29.1 Å². The average molecular weight is 484 g/mol. The third-order valence-corrected chi connectivity index (χ3v) is 8.71. The molecule has 2 saturated heterocycles. The summed E-state index contributed by atoms with van der Waals surface area (Å²) in [5.74, 6) is 0.510. The lowest BCUT2D eigenvalue weighted by Gasteiger charge is -2.32. The van der Waals surface area contributed by atoms with Crippen molar-refractivity contribution in [3.63, 3.8) is 0 Å². The Balaban J connectivity index is 1.50. The van der Waals surface area contributed by atoms with Crippen molar-refractivity contribution in [3.8, 4) is 0 Å². The van der Waals surface area contributed by atoms with Crippen molar-refractivity contribution in [2.45, 2.75) is 83.6 Å². The molecule has 0 amide bonds. The van der Waals surface area contributed by atoms with E-state index in [1.54, 1.807) is 0 Å². The molecule has 2 aromatic carbocycles. The van der Waals surface area contributed by atoms with E-state index in [0.29, 0.717) is 5.92 Å². The van der Waals surface area contributed by atoms with Gasteiger partial charge in [0, 0.05) is 12.0 Å². The van der Waals surface area contributed by atoms with Crippen LogP contribution in [-0.2, 0) is 14.0 Å².